The van der Waals surface area contributed by atoms with Crippen LogP contribution in [0.25, 0.3) is 20.9 Å². The predicted molar refractivity (Wildman–Crippen MR) is 106 cm³/mol. The highest BCUT2D eigenvalue weighted by atomic mass is 35.5. The van der Waals surface area contributed by atoms with Crippen LogP contribution >= 0.6 is 34.3 Å². The summed E-state index contributed by atoms with van der Waals surface area (Å²) in [5.41, 5.74) is 2.40. The molecule has 6 heteroatoms. The maximum absolute atomic E-state index is 6.48. The molecule has 0 saturated carbocycles. The fourth-order valence-corrected chi connectivity index (χ4v) is 4.99. The fourth-order valence-electron chi connectivity index (χ4n) is 2.75. The zero-order valence-electron chi connectivity index (χ0n) is 13.7. The van der Waals surface area contributed by atoms with Gasteiger partial charge in [0.05, 0.1) is 17.4 Å². The summed E-state index contributed by atoms with van der Waals surface area (Å²) in [4.78, 5) is 12.5. The largest absolute Gasteiger partial charge is 0.497 e. The molecular weight excluding hydrogens is 372 g/mol. The number of nitrogens with zero attached hydrogens (tertiary/aromatic N) is 2. The molecule has 3 aromatic heterocycles. The highest BCUT2D eigenvalue weighted by Crippen LogP contribution is 2.37. The van der Waals surface area contributed by atoms with Gasteiger partial charge in [0, 0.05) is 11.3 Å². The van der Waals surface area contributed by atoms with Crippen LogP contribution in [0.1, 0.15) is 16.0 Å². The smallest absolute Gasteiger partial charge is 0.172 e. The number of aromatic nitrogens is 2. The molecule has 3 nitrogen and oxygen atoms in total. The molecule has 4 aromatic rings. The molecule has 25 heavy (non-hydrogen) atoms. The second-order valence-corrected chi connectivity index (χ2v) is 8.06. The first kappa shape index (κ1) is 16.5. The van der Waals surface area contributed by atoms with Gasteiger partial charge in [-0.3, -0.25) is 0 Å². The summed E-state index contributed by atoms with van der Waals surface area (Å²) in [7, 11) is 1.68. The van der Waals surface area contributed by atoms with E-state index >= 15 is 0 Å². The van der Waals surface area contributed by atoms with Crippen LogP contribution < -0.4 is 4.74 Å². The average Bonchev–Trinajstić information content (AvgIpc) is 3.25. The van der Waals surface area contributed by atoms with Gasteiger partial charge >= 0.3 is 0 Å². The van der Waals surface area contributed by atoms with Gasteiger partial charge in [-0.05, 0) is 41.6 Å². The van der Waals surface area contributed by atoms with Gasteiger partial charge in [0.15, 0.2) is 5.82 Å². The zero-order chi connectivity index (χ0) is 17.4. The monoisotopic (exact) mass is 386 g/mol. The third kappa shape index (κ3) is 3.15. The number of fused-ring (bicyclic) bond motifs is 1. The minimum atomic E-state index is 0.531. The summed E-state index contributed by atoms with van der Waals surface area (Å²) < 4.78 is 5.22. The first-order valence-corrected chi connectivity index (χ1v) is 9.85. The van der Waals surface area contributed by atoms with E-state index in [0.717, 1.165) is 27.3 Å². The SMILES string of the molecule is COc1ccc(Cc2sc3nc(-c4cccs4)nc(Cl)c3c2C)cc1. The molecule has 0 atom stereocenters. The number of hydrogen-bond acceptors (Lipinski definition) is 5. The molecule has 126 valence electrons. The van der Waals surface area contributed by atoms with Gasteiger partial charge in [-0.1, -0.05) is 29.8 Å². The van der Waals surface area contributed by atoms with Gasteiger partial charge in [0.2, 0.25) is 0 Å². The van der Waals surface area contributed by atoms with E-state index in [0.29, 0.717) is 11.0 Å². The van der Waals surface area contributed by atoms with Crippen molar-refractivity contribution < 1.29 is 4.74 Å². The number of halogens is 1. The molecular formula is C19H15ClN2OS2. The molecule has 1 aromatic carbocycles. The molecule has 0 aliphatic rings. The number of rotatable bonds is 4. The Morgan fingerprint density at radius 2 is 1.92 bits per heavy atom. The summed E-state index contributed by atoms with van der Waals surface area (Å²) >= 11 is 9.80. The molecule has 0 N–H and O–H groups in total. The van der Waals surface area contributed by atoms with Gasteiger partial charge in [0.25, 0.3) is 0 Å². The Bertz CT molecular complexity index is 1020. The maximum Gasteiger partial charge on any atom is 0.172 e. The van der Waals surface area contributed by atoms with Crippen molar-refractivity contribution in [2.24, 2.45) is 0 Å². The number of thiophene rings is 2. The van der Waals surface area contributed by atoms with Crippen molar-refractivity contribution >= 4 is 44.5 Å². The molecule has 0 saturated heterocycles. The van der Waals surface area contributed by atoms with Crippen LogP contribution in [0.4, 0.5) is 0 Å². The molecule has 0 unspecified atom stereocenters. The highest BCUT2D eigenvalue weighted by molar-refractivity contribution is 7.19. The Labute approximate surface area is 158 Å². The lowest BCUT2D eigenvalue weighted by molar-refractivity contribution is 0.414. The fraction of sp³-hybridized carbons (Fsp3) is 0.158. The van der Waals surface area contributed by atoms with E-state index in [-0.39, 0.29) is 0 Å². The van der Waals surface area contributed by atoms with Crippen molar-refractivity contribution in [1.82, 2.24) is 9.97 Å². The Morgan fingerprint density at radius 1 is 1.12 bits per heavy atom. The molecule has 0 radical (unpaired) electrons. The molecule has 0 fully saturated rings. The third-order valence-corrected chi connectivity index (χ3v) is 6.44. The first-order valence-electron chi connectivity index (χ1n) is 7.78. The van der Waals surface area contributed by atoms with Crippen molar-refractivity contribution in [1.29, 1.82) is 0 Å². The Hall–Kier alpha value is -1.95. The van der Waals surface area contributed by atoms with Gasteiger partial charge in [-0.15, -0.1) is 22.7 Å². The van der Waals surface area contributed by atoms with Crippen molar-refractivity contribution in [3.63, 3.8) is 0 Å². The van der Waals surface area contributed by atoms with Crippen molar-refractivity contribution in [2.45, 2.75) is 13.3 Å². The minimum absolute atomic E-state index is 0.531. The van der Waals surface area contributed by atoms with Crippen molar-refractivity contribution in [3.05, 3.63) is 62.9 Å². The summed E-state index contributed by atoms with van der Waals surface area (Å²) in [6, 6.07) is 12.2. The van der Waals surface area contributed by atoms with Crippen LogP contribution in [0.3, 0.4) is 0 Å². The van der Waals surface area contributed by atoms with Gasteiger partial charge in [-0.25, -0.2) is 9.97 Å². The molecule has 0 aliphatic heterocycles. The maximum atomic E-state index is 6.48. The van der Waals surface area contributed by atoms with Crippen LogP contribution in [0, 0.1) is 6.92 Å². The second-order valence-electron chi connectivity index (χ2n) is 5.67. The van der Waals surface area contributed by atoms with Crippen LogP contribution in [0.5, 0.6) is 5.75 Å². The van der Waals surface area contributed by atoms with Crippen LogP contribution in [0.2, 0.25) is 5.15 Å². The number of hydrogen-bond donors (Lipinski definition) is 0. The summed E-state index contributed by atoms with van der Waals surface area (Å²) in [5, 5.41) is 3.52. The lowest BCUT2D eigenvalue weighted by atomic mass is 10.1. The summed E-state index contributed by atoms with van der Waals surface area (Å²) in [6.45, 7) is 2.09. The molecule has 3 heterocycles. The van der Waals surface area contributed by atoms with Crippen LogP contribution in [-0.2, 0) is 6.42 Å². The van der Waals surface area contributed by atoms with Crippen LogP contribution in [-0.4, -0.2) is 17.1 Å². The quantitative estimate of drug-likeness (QED) is 0.404. The second kappa shape index (κ2) is 6.75. The third-order valence-electron chi connectivity index (χ3n) is 4.11. The topological polar surface area (TPSA) is 35.0 Å². The van der Waals surface area contributed by atoms with E-state index < -0.39 is 0 Å². The van der Waals surface area contributed by atoms with E-state index in [1.807, 2.05) is 29.6 Å². The predicted octanol–water partition coefficient (Wildman–Crippen LogP) is 5.98. The summed E-state index contributed by atoms with van der Waals surface area (Å²) in [5.74, 6) is 1.57. The highest BCUT2D eigenvalue weighted by Gasteiger charge is 2.16. The lowest BCUT2D eigenvalue weighted by Gasteiger charge is -2.03. The van der Waals surface area contributed by atoms with Gasteiger partial charge < -0.3 is 4.74 Å². The minimum Gasteiger partial charge on any atom is -0.497 e. The zero-order valence-corrected chi connectivity index (χ0v) is 16.1. The Morgan fingerprint density at radius 3 is 2.60 bits per heavy atom. The van der Waals surface area contributed by atoms with E-state index in [9.17, 15) is 0 Å². The van der Waals surface area contributed by atoms with Gasteiger partial charge in [-0.2, -0.15) is 0 Å². The van der Waals surface area contributed by atoms with E-state index in [1.165, 1.54) is 16.0 Å². The molecule has 0 aliphatic carbocycles. The van der Waals surface area contributed by atoms with E-state index in [4.69, 9.17) is 21.3 Å². The number of benzene rings is 1. The number of methoxy groups -OCH3 is 1. The lowest BCUT2D eigenvalue weighted by Crippen LogP contribution is -1.90. The molecule has 0 amide bonds. The van der Waals surface area contributed by atoms with Gasteiger partial charge in [0.1, 0.15) is 15.7 Å². The number of aryl methyl sites for hydroxylation is 1. The molecule has 0 spiro atoms. The molecule has 0 bridgehead atoms. The Kier molecular flexibility index (Phi) is 4.46. The molecule has 4 rings (SSSR count). The Balaban J connectivity index is 1.74. The first-order chi connectivity index (χ1) is 12.2. The van der Waals surface area contributed by atoms with Crippen molar-refractivity contribution in [2.75, 3.05) is 7.11 Å². The van der Waals surface area contributed by atoms with Crippen LogP contribution in [0.15, 0.2) is 41.8 Å². The standard InChI is InChI=1S/C19H15ClN2OS2/c1-11-15(10-12-5-7-13(23-2)8-6-12)25-19-16(11)17(20)21-18(22-19)14-4-3-9-24-14/h3-9H,10H2,1-2H3. The van der Waals surface area contributed by atoms with E-state index in [2.05, 4.69) is 24.0 Å². The summed E-state index contributed by atoms with van der Waals surface area (Å²) in [6.07, 6.45) is 0.849. The normalized spacial score (nSPS) is 11.2. The van der Waals surface area contributed by atoms with E-state index in [1.54, 1.807) is 29.8 Å². The average molecular weight is 387 g/mol. The van der Waals surface area contributed by atoms with Crippen molar-refractivity contribution in [3.8, 4) is 16.5 Å². The number of ether oxygens (including phenoxy) is 1.